The zero-order valence-electron chi connectivity index (χ0n) is 5.06. The molecule has 0 aliphatic carbocycles. The van der Waals surface area contributed by atoms with E-state index in [1.165, 1.54) is 0 Å². The molecule has 0 spiro atoms. The molecule has 2 nitrogen and oxygen atoms in total. The second kappa shape index (κ2) is 16.2. The molecule has 0 aromatic heterocycles. The fourth-order valence-electron chi connectivity index (χ4n) is 0. The van der Waals surface area contributed by atoms with Crippen molar-refractivity contribution >= 4 is 31.8 Å². The Hall–Kier alpha value is 1.41. The van der Waals surface area contributed by atoms with Crippen molar-refractivity contribution < 1.29 is 20.0 Å². The zero-order valence-corrected chi connectivity index (χ0v) is 9.03. The van der Waals surface area contributed by atoms with E-state index >= 15 is 0 Å². The van der Waals surface area contributed by atoms with Crippen molar-refractivity contribution in [3.63, 3.8) is 0 Å². The molecule has 6 heteroatoms. The van der Waals surface area contributed by atoms with Crippen molar-refractivity contribution in [1.82, 2.24) is 0 Å². The van der Waals surface area contributed by atoms with E-state index in [2.05, 4.69) is 10.7 Å². The molecule has 63 valence electrons. The summed E-state index contributed by atoms with van der Waals surface area (Å²) in [6.45, 7) is 3.75. The van der Waals surface area contributed by atoms with Gasteiger partial charge in [0, 0.05) is 0 Å². The second-order valence-electron chi connectivity index (χ2n) is 1.23. The van der Waals surface area contributed by atoms with Gasteiger partial charge in [-0.1, -0.05) is 0 Å². The molecule has 0 rings (SSSR count). The van der Waals surface area contributed by atoms with E-state index in [-0.39, 0.29) is 33.7 Å². The summed E-state index contributed by atoms with van der Waals surface area (Å²) in [5.41, 5.74) is 0. The molecular weight excluding hydrogens is 275 g/mol. The molecule has 2 N–H and O–H groups in total. The number of hydrogen-bond acceptors (Lipinski definition) is 2. The van der Waals surface area contributed by atoms with Crippen molar-refractivity contribution in [2.24, 2.45) is 5.90 Å². The van der Waals surface area contributed by atoms with Gasteiger partial charge in [-0.15, -0.1) is 12.4 Å². The molecule has 0 radical (unpaired) electrons. The van der Waals surface area contributed by atoms with E-state index < -0.39 is 0 Å². The molecule has 0 heterocycles. The predicted molar refractivity (Wildman–Crippen MR) is 39.4 cm³/mol. The van der Waals surface area contributed by atoms with Crippen LogP contribution in [0.2, 0.25) is 0 Å². The Morgan fingerprint density at radius 1 is 1.44 bits per heavy atom. The number of nitrogens with two attached hydrogens (primary N) is 1. The van der Waals surface area contributed by atoms with Crippen LogP contribution < -0.4 is 5.90 Å². The first-order valence-corrected chi connectivity index (χ1v) is 6.10. The summed E-state index contributed by atoms with van der Waals surface area (Å²) in [5, 5.41) is 0. The Morgan fingerprint density at radius 3 is 1.56 bits per heavy atom. The van der Waals surface area contributed by atoms with Crippen LogP contribution in [0.15, 0.2) is 0 Å². The standard InChI is InChI=1S/C3H9NO.3ClH.Rh/c1-3(2)5-4;;;;/h3H,4H2,1-2H3;3*1H;/q;;;;+2/p-2. The molecule has 0 saturated carbocycles. The van der Waals surface area contributed by atoms with Crippen LogP contribution in [0, 0.1) is 0 Å². The van der Waals surface area contributed by atoms with Gasteiger partial charge in [0.05, 0.1) is 6.10 Å². The van der Waals surface area contributed by atoms with Gasteiger partial charge >= 0.3 is 34.5 Å². The molecule has 0 aliphatic rings. The quantitative estimate of drug-likeness (QED) is 0.591. The van der Waals surface area contributed by atoms with Crippen LogP contribution in [0.3, 0.4) is 0 Å². The molecule has 0 unspecified atom stereocenters. The first kappa shape index (κ1) is 16.8. The summed E-state index contributed by atoms with van der Waals surface area (Å²) < 4.78 is 0. The molecule has 0 aromatic rings. The SMILES string of the molecule is CC(C)ON.Cl.[Cl][Rh][Cl]. The summed E-state index contributed by atoms with van der Waals surface area (Å²) >= 11 is -0.226. The van der Waals surface area contributed by atoms with Crippen LogP contribution in [-0.4, -0.2) is 6.10 Å². The van der Waals surface area contributed by atoms with Gasteiger partial charge in [0.25, 0.3) is 0 Å². The Morgan fingerprint density at radius 2 is 1.56 bits per heavy atom. The average molecular weight is 285 g/mol. The van der Waals surface area contributed by atoms with E-state index in [1.807, 2.05) is 13.8 Å². The van der Waals surface area contributed by atoms with Crippen LogP contribution in [0.25, 0.3) is 0 Å². The van der Waals surface area contributed by atoms with E-state index in [9.17, 15) is 0 Å². The van der Waals surface area contributed by atoms with E-state index in [0.717, 1.165) is 0 Å². The third kappa shape index (κ3) is 44.4. The van der Waals surface area contributed by atoms with Crippen LogP contribution in [0.5, 0.6) is 0 Å². The number of hydrogen-bond donors (Lipinski definition) is 1. The molecular formula is C3H10Cl3NORh. The number of rotatable bonds is 1. The fourth-order valence-corrected chi connectivity index (χ4v) is 0. The van der Waals surface area contributed by atoms with Crippen molar-refractivity contribution in [2.75, 3.05) is 0 Å². The average Bonchev–Trinajstić information content (AvgIpc) is 1.69. The Balaban J connectivity index is -0.0000000800. The Bertz CT molecular complexity index is 40.2. The molecule has 0 aromatic carbocycles. The molecule has 0 amide bonds. The van der Waals surface area contributed by atoms with Gasteiger partial charge in [0.1, 0.15) is 0 Å². The minimum atomic E-state index is -0.226. The van der Waals surface area contributed by atoms with Crippen LogP contribution in [0.4, 0.5) is 0 Å². The van der Waals surface area contributed by atoms with Gasteiger partial charge < -0.3 is 4.84 Å². The van der Waals surface area contributed by atoms with Gasteiger partial charge in [-0.2, -0.15) is 0 Å². The Kier molecular flexibility index (Phi) is 30.2. The molecule has 0 atom stereocenters. The van der Waals surface area contributed by atoms with Crippen molar-refractivity contribution in [1.29, 1.82) is 0 Å². The maximum absolute atomic E-state index is 4.83. The van der Waals surface area contributed by atoms with Gasteiger partial charge in [0.15, 0.2) is 0 Å². The fraction of sp³-hybridized carbons (Fsp3) is 1.00. The van der Waals surface area contributed by atoms with Crippen molar-refractivity contribution in [2.45, 2.75) is 20.0 Å². The molecule has 0 bridgehead atoms. The molecule has 0 saturated heterocycles. The predicted octanol–water partition coefficient (Wildman–Crippen LogP) is 2.08. The van der Waals surface area contributed by atoms with Gasteiger partial charge in [-0.25, -0.2) is 5.90 Å². The second-order valence-corrected chi connectivity index (χ2v) is 3.72. The molecule has 0 fully saturated rings. The zero-order chi connectivity index (χ0) is 6.99. The van der Waals surface area contributed by atoms with Crippen LogP contribution >= 0.6 is 31.8 Å². The normalized spacial score (nSPS) is 7.78. The van der Waals surface area contributed by atoms with Crippen molar-refractivity contribution in [3.05, 3.63) is 0 Å². The van der Waals surface area contributed by atoms with Gasteiger partial charge in [-0.05, 0) is 13.8 Å². The third-order valence-corrected chi connectivity index (χ3v) is 0.272. The van der Waals surface area contributed by atoms with Crippen LogP contribution in [-0.2, 0) is 20.0 Å². The van der Waals surface area contributed by atoms with E-state index in [0.29, 0.717) is 0 Å². The first-order valence-electron chi connectivity index (χ1n) is 1.88. The van der Waals surface area contributed by atoms with Gasteiger partial charge in [-0.3, -0.25) is 0 Å². The van der Waals surface area contributed by atoms with Crippen molar-refractivity contribution in [3.8, 4) is 0 Å². The topological polar surface area (TPSA) is 35.2 Å². The number of halogens is 3. The van der Waals surface area contributed by atoms with E-state index in [4.69, 9.17) is 19.4 Å². The summed E-state index contributed by atoms with van der Waals surface area (Å²) in [7, 11) is 9.67. The monoisotopic (exact) mass is 284 g/mol. The van der Waals surface area contributed by atoms with E-state index in [1.54, 1.807) is 0 Å². The minimum absolute atomic E-state index is 0. The Labute approximate surface area is 77.5 Å². The summed E-state index contributed by atoms with van der Waals surface area (Å²) in [4.78, 5) is 4.25. The summed E-state index contributed by atoms with van der Waals surface area (Å²) in [6, 6.07) is 0. The molecule has 0 aliphatic heterocycles. The molecule has 9 heavy (non-hydrogen) atoms. The third-order valence-electron chi connectivity index (χ3n) is 0.272. The first-order chi connectivity index (χ1) is 3.68. The van der Waals surface area contributed by atoms with Crippen LogP contribution in [0.1, 0.15) is 13.8 Å². The summed E-state index contributed by atoms with van der Waals surface area (Å²) in [5.74, 6) is 4.67. The summed E-state index contributed by atoms with van der Waals surface area (Å²) in [6.07, 6.45) is 0.162. The van der Waals surface area contributed by atoms with Gasteiger partial charge in [0.2, 0.25) is 0 Å². The maximum atomic E-state index is 4.83.